The van der Waals surface area contributed by atoms with Crippen molar-refractivity contribution in [2.75, 3.05) is 0 Å². The second-order valence-corrected chi connectivity index (χ2v) is 8.13. The number of nitrogens with two attached hydrogens (primary N) is 1. The van der Waals surface area contributed by atoms with E-state index in [1.54, 1.807) is 24.3 Å². The average molecular weight is 651 g/mol. The Morgan fingerprint density at radius 2 is 1.78 bits per heavy atom. The minimum atomic E-state index is -1.02. The molecule has 4 N–H and O–H groups in total. The van der Waals surface area contributed by atoms with Crippen molar-refractivity contribution in [2.24, 2.45) is 5.73 Å². The molecule has 0 aliphatic rings. The molecule has 0 aliphatic carbocycles. The molecular weight excluding hydrogens is 639 g/mol. The van der Waals surface area contributed by atoms with E-state index in [1.807, 2.05) is 28.7 Å². The maximum absolute atomic E-state index is 10.8. The number of aliphatic carboxylic acids is 1. The van der Waals surface area contributed by atoms with E-state index in [9.17, 15) is 9.90 Å². The molecule has 122 valence electrons. The number of carboxylic acid groups (broad SMARTS) is 1. The highest BCUT2D eigenvalue weighted by Crippen LogP contribution is 2.39. The monoisotopic (exact) mass is 651 g/mol. The van der Waals surface area contributed by atoms with Gasteiger partial charge < -0.3 is 20.7 Å². The normalized spacial score (nSPS) is 12.0. The molecule has 0 radical (unpaired) electrons. The van der Waals surface area contributed by atoms with Crippen molar-refractivity contribution in [1.29, 1.82) is 0 Å². The second kappa shape index (κ2) is 8.16. The summed E-state index contributed by atoms with van der Waals surface area (Å²) in [7, 11) is 0. The maximum atomic E-state index is 10.8. The minimum Gasteiger partial charge on any atom is -0.506 e. The van der Waals surface area contributed by atoms with E-state index < -0.39 is 12.0 Å². The molecule has 5 nitrogen and oxygen atoms in total. The molecule has 1 atom stereocenters. The molecular formula is C15H12I3NO4. The zero-order valence-electron chi connectivity index (χ0n) is 11.6. The number of halogens is 3. The van der Waals surface area contributed by atoms with Gasteiger partial charge in [-0.05, 0) is 98.0 Å². The summed E-state index contributed by atoms with van der Waals surface area (Å²) in [4.78, 5) is 10.8. The molecule has 23 heavy (non-hydrogen) atoms. The minimum absolute atomic E-state index is 0.200. The van der Waals surface area contributed by atoms with Crippen LogP contribution >= 0.6 is 67.8 Å². The number of phenolic OH excluding ortho intramolecular Hbond substituents is 1. The van der Waals surface area contributed by atoms with E-state index in [0.29, 0.717) is 15.1 Å². The van der Waals surface area contributed by atoms with Crippen LogP contribution < -0.4 is 10.5 Å². The molecule has 0 aliphatic heterocycles. The number of carboxylic acids is 1. The van der Waals surface area contributed by atoms with E-state index in [0.717, 1.165) is 12.7 Å². The van der Waals surface area contributed by atoms with Crippen LogP contribution in [0.2, 0.25) is 0 Å². The van der Waals surface area contributed by atoms with E-state index in [1.165, 1.54) is 0 Å². The summed E-state index contributed by atoms with van der Waals surface area (Å²) in [5.41, 5.74) is 6.34. The van der Waals surface area contributed by atoms with Crippen molar-refractivity contribution in [2.45, 2.75) is 12.5 Å². The van der Waals surface area contributed by atoms with Crippen LogP contribution in [0, 0.1) is 10.7 Å². The van der Waals surface area contributed by atoms with Crippen molar-refractivity contribution < 1.29 is 19.7 Å². The summed E-state index contributed by atoms with van der Waals surface area (Å²) in [5.74, 6) is 0.377. The third-order valence-corrected chi connectivity index (χ3v) is 5.64. The van der Waals surface area contributed by atoms with Gasteiger partial charge in [-0.3, -0.25) is 4.79 Å². The van der Waals surface area contributed by atoms with Crippen molar-refractivity contribution in [3.05, 3.63) is 46.6 Å². The second-order valence-electron chi connectivity index (χ2n) is 4.73. The lowest BCUT2D eigenvalue weighted by molar-refractivity contribution is -0.138. The number of hydrogen-bond acceptors (Lipinski definition) is 4. The first-order valence-corrected chi connectivity index (χ1v) is 9.65. The first kappa shape index (κ1) is 19.0. The highest BCUT2D eigenvalue weighted by atomic mass is 127. The Bertz CT molecular complexity index is 734. The molecule has 2 aromatic rings. The predicted molar refractivity (Wildman–Crippen MR) is 112 cm³/mol. The molecule has 0 amide bonds. The highest BCUT2D eigenvalue weighted by molar-refractivity contribution is 14.1. The lowest BCUT2D eigenvalue weighted by Gasteiger charge is -2.13. The van der Waals surface area contributed by atoms with Gasteiger partial charge in [-0.1, -0.05) is 12.1 Å². The summed E-state index contributed by atoms with van der Waals surface area (Å²) >= 11 is 6.27. The summed E-state index contributed by atoms with van der Waals surface area (Å²) < 4.78 is 8.17. The van der Waals surface area contributed by atoms with Gasteiger partial charge in [-0.25, -0.2) is 0 Å². The first-order valence-electron chi connectivity index (χ1n) is 6.41. The largest absolute Gasteiger partial charge is 0.506 e. The highest BCUT2D eigenvalue weighted by Gasteiger charge is 2.16. The fraction of sp³-hybridized carbons (Fsp3) is 0.133. The zero-order valence-corrected chi connectivity index (χ0v) is 18.1. The van der Waals surface area contributed by atoms with Gasteiger partial charge in [0, 0.05) is 0 Å². The quantitative estimate of drug-likeness (QED) is 0.427. The van der Waals surface area contributed by atoms with Crippen LogP contribution in [0.1, 0.15) is 5.56 Å². The number of benzene rings is 2. The van der Waals surface area contributed by atoms with Crippen molar-refractivity contribution in [1.82, 2.24) is 0 Å². The van der Waals surface area contributed by atoms with Crippen LogP contribution in [0.15, 0.2) is 30.3 Å². The molecule has 1 unspecified atom stereocenters. The number of hydrogen-bond donors (Lipinski definition) is 3. The molecule has 0 saturated heterocycles. The van der Waals surface area contributed by atoms with Gasteiger partial charge in [0.25, 0.3) is 0 Å². The molecule has 0 spiro atoms. The van der Waals surface area contributed by atoms with E-state index in [2.05, 4.69) is 45.2 Å². The summed E-state index contributed by atoms with van der Waals surface area (Å²) in [6, 6.07) is 8.00. The number of carbonyl (C=O) groups is 1. The SMILES string of the molecule is NC(Cc1ccc(Oc2c(I)cc(I)c(O)c2I)cc1)C(=O)O. The van der Waals surface area contributed by atoms with Crippen LogP contribution in [-0.2, 0) is 11.2 Å². The Kier molecular flexibility index (Phi) is 6.74. The summed E-state index contributed by atoms with van der Waals surface area (Å²) in [5, 5.41) is 18.8. The fourth-order valence-corrected chi connectivity index (χ4v) is 5.40. The Hall–Kier alpha value is -0.340. The fourth-order valence-electron chi connectivity index (χ4n) is 1.81. The van der Waals surface area contributed by atoms with Gasteiger partial charge in [-0.15, -0.1) is 0 Å². The van der Waals surface area contributed by atoms with Gasteiger partial charge in [0.15, 0.2) is 5.75 Å². The van der Waals surface area contributed by atoms with Gasteiger partial charge in [0.2, 0.25) is 0 Å². The number of phenols is 1. The topological polar surface area (TPSA) is 92.8 Å². The molecule has 2 rings (SSSR count). The molecule has 0 bridgehead atoms. The van der Waals surface area contributed by atoms with Gasteiger partial charge in [0.05, 0.1) is 10.7 Å². The molecule has 8 heteroatoms. The van der Waals surface area contributed by atoms with Crippen LogP contribution in [0.4, 0.5) is 0 Å². The zero-order chi connectivity index (χ0) is 17.1. The third-order valence-electron chi connectivity index (χ3n) is 3.02. The first-order chi connectivity index (χ1) is 10.8. The third kappa shape index (κ3) is 4.82. The molecule has 0 heterocycles. The van der Waals surface area contributed by atoms with Gasteiger partial charge in [0.1, 0.15) is 17.5 Å². The van der Waals surface area contributed by atoms with Gasteiger partial charge in [-0.2, -0.15) is 0 Å². The van der Waals surface area contributed by atoms with E-state index in [4.69, 9.17) is 15.6 Å². The van der Waals surface area contributed by atoms with E-state index in [-0.39, 0.29) is 12.2 Å². The number of aromatic hydroxyl groups is 1. The molecule has 0 aromatic heterocycles. The summed E-state index contributed by atoms with van der Waals surface area (Å²) in [6.07, 6.45) is 0.259. The van der Waals surface area contributed by atoms with Gasteiger partial charge >= 0.3 is 5.97 Å². The molecule has 2 aromatic carbocycles. The van der Waals surface area contributed by atoms with Crippen LogP contribution in [0.25, 0.3) is 0 Å². The predicted octanol–water partition coefficient (Wildman–Crippen LogP) is 3.95. The van der Waals surface area contributed by atoms with Crippen molar-refractivity contribution in [3.8, 4) is 17.2 Å². The average Bonchev–Trinajstić information content (AvgIpc) is 2.51. The van der Waals surface area contributed by atoms with Crippen molar-refractivity contribution >= 4 is 73.7 Å². The lowest BCUT2D eigenvalue weighted by Crippen LogP contribution is -2.32. The van der Waals surface area contributed by atoms with Crippen LogP contribution in [0.3, 0.4) is 0 Å². The standard InChI is InChI=1S/C15H12I3NO4/c16-9-6-10(17)14(12(18)13(9)20)23-8-3-1-7(2-4-8)5-11(19)15(21)22/h1-4,6,11,20H,5,19H2,(H,21,22). The Morgan fingerprint density at radius 1 is 1.17 bits per heavy atom. The summed E-state index contributed by atoms with van der Waals surface area (Å²) in [6.45, 7) is 0. The lowest BCUT2D eigenvalue weighted by atomic mass is 10.1. The number of rotatable bonds is 5. The Morgan fingerprint density at radius 3 is 2.35 bits per heavy atom. The molecule has 0 fully saturated rings. The van der Waals surface area contributed by atoms with Crippen molar-refractivity contribution in [3.63, 3.8) is 0 Å². The number of ether oxygens (including phenoxy) is 1. The van der Waals surface area contributed by atoms with E-state index >= 15 is 0 Å². The maximum Gasteiger partial charge on any atom is 0.320 e. The molecule has 0 saturated carbocycles. The smallest absolute Gasteiger partial charge is 0.320 e. The van der Waals surface area contributed by atoms with Crippen LogP contribution in [0.5, 0.6) is 17.2 Å². The van der Waals surface area contributed by atoms with Crippen LogP contribution in [-0.4, -0.2) is 22.2 Å². The Balaban J connectivity index is 2.19. The Labute approximate surface area is 174 Å².